The van der Waals surface area contributed by atoms with Gasteiger partial charge in [-0.05, 0) is 37.5 Å². The minimum absolute atomic E-state index is 0.0516. The van der Waals surface area contributed by atoms with Crippen molar-refractivity contribution in [2.45, 2.75) is 32.4 Å². The number of hydrogen-bond acceptors (Lipinski definition) is 3. The molecule has 1 aromatic carbocycles. The Morgan fingerprint density at radius 2 is 2.14 bits per heavy atom. The van der Waals surface area contributed by atoms with E-state index in [2.05, 4.69) is 15.6 Å². The summed E-state index contributed by atoms with van der Waals surface area (Å²) in [6, 6.07) is 7.79. The standard InChI is InChI=1S/C16H22N4O2/c1-13(3-2-10-21)19-16(22)18-11-14-4-6-15(7-5-14)20-9-8-17-12-20/h4-9,12-13,21H,2-3,10-11H2,1H3,(H2,18,19,22). The number of carbonyl (C=O) groups excluding carboxylic acids is 1. The number of carbonyl (C=O) groups is 1. The second-order valence-corrected chi connectivity index (χ2v) is 5.23. The summed E-state index contributed by atoms with van der Waals surface area (Å²) in [6.07, 6.45) is 6.82. The molecule has 0 saturated carbocycles. The molecule has 0 bridgehead atoms. The van der Waals surface area contributed by atoms with Gasteiger partial charge in [-0.15, -0.1) is 0 Å². The summed E-state index contributed by atoms with van der Waals surface area (Å²) in [7, 11) is 0. The summed E-state index contributed by atoms with van der Waals surface area (Å²) in [6.45, 7) is 2.55. The highest BCUT2D eigenvalue weighted by atomic mass is 16.3. The van der Waals surface area contributed by atoms with Crippen molar-refractivity contribution < 1.29 is 9.90 Å². The van der Waals surface area contributed by atoms with Gasteiger partial charge in [0.05, 0.1) is 6.33 Å². The van der Waals surface area contributed by atoms with Crippen molar-refractivity contribution >= 4 is 6.03 Å². The molecule has 0 spiro atoms. The number of amides is 2. The van der Waals surface area contributed by atoms with Crippen LogP contribution in [0.2, 0.25) is 0 Å². The molecule has 0 aliphatic rings. The minimum Gasteiger partial charge on any atom is -0.396 e. The Bertz CT molecular complexity index is 566. The predicted octanol–water partition coefficient (Wildman–Crippen LogP) is 1.83. The highest BCUT2D eigenvalue weighted by Gasteiger charge is 2.06. The molecule has 1 heterocycles. The van der Waals surface area contributed by atoms with E-state index in [9.17, 15) is 4.79 Å². The van der Waals surface area contributed by atoms with Gasteiger partial charge < -0.3 is 20.3 Å². The van der Waals surface area contributed by atoms with Gasteiger partial charge in [0.1, 0.15) is 0 Å². The molecule has 0 radical (unpaired) electrons. The van der Waals surface area contributed by atoms with Crippen LogP contribution in [-0.4, -0.2) is 33.3 Å². The third kappa shape index (κ3) is 4.89. The first kappa shape index (κ1) is 16.0. The van der Waals surface area contributed by atoms with Gasteiger partial charge in [0, 0.05) is 37.3 Å². The first-order chi connectivity index (χ1) is 10.7. The van der Waals surface area contributed by atoms with Crippen LogP contribution in [0.3, 0.4) is 0 Å². The van der Waals surface area contributed by atoms with E-state index in [1.54, 1.807) is 12.5 Å². The molecular formula is C16H22N4O2. The zero-order chi connectivity index (χ0) is 15.8. The van der Waals surface area contributed by atoms with Crippen LogP contribution >= 0.6 is 0 Å². The van der Waals surface area contributed by atoms with E-state index in [0.717, 1.165) is 17.7 Å². The number of hydrogen-bond donors (Lipinski definition) is 3. The normalized spacial score (nSPS) is 11.9. The van der Waals surface area contributed by atoms with Crippen LogP contribution in [0, 0.1) is 0 Å². The number of rotatable bonds is 7. The van der Waals surface area contributed by atoms with E-state index in [4.69, 9.17) is 5.11 Å². The minimum atomic E-state index is -0.191. The summed E-state index contributed by atoms with van der Waals surface area (Å²) in [5.74, 6) is 0. The van der Waals surface area contributed by atoms with E-state index < -0.39 is 0 Å². The number of aliphatic hydroxyl groups excluding tert-OH is 1. The number of aliphatic hydroxyl groups is 1. The summed E-state index contributed by atoms with van der Waals surface area (Å²) in [5.41, 5.74) is 2.06. The number of aromatic nitrogens is 2. The molecule has 1 atom stereocenters. The number of imidazole rings is 1. The van der Waals surface area contributed by atoms with E-state index >= 15 is 0 Å². The van der Waals surface area contributed by atoms with Gasteiger partial charge in [0.25, 0.3) is 0 Å². The Balaban J connectivity index is 1.78. The molecule has 0 aliphatic carbocycles. The second-order valence-electron chi connectivity index (χ2n) is 5.23. The Kier molecular flexibility index (Phi) is 5.97. The van der Waals surface area contributed by atoms with Crippen molar-refractivity contribution in [2.24, 2.45) is 0 Å². The van der Waals surface area contributed by atoms with E-state index in [1.165, 1.54) is 0 Å². The fourth-order valence-electron chi connectivity index (χ4n) is 2.12. The van der Waals surface area contributed by atoms with Crippen LogP contribution < -0.4 is 10.6 Å². The molecular weight excluding hydrogens is 280 g/mol. The fourth-order valence-corrected chi connectivity index (χ4v) is 2.12. The SMILES string of the molecule is CC(CCCO)NC(=O)NCc1ccc(-n2ccnc2)cc1. The highest BCUT2D eigenvalue weighted by molar-refractivity contribution is 5.74. The van der Waals surface area contributed by atoms with Crippen molar-refractivity contribution in [3.63, 3.8) is 0 Å². The fraction of sp³-hybridized carbons (Fsp3) is 0.375. The number of nitrogens with zero attached hydrogens (tertiary/aromatic N) is 2. The first-order valence-electron chi connectivity index (χ1n) is 7.41. The molecule has 3 N–H and O–H groups in total. The lowest BCUT2D eigenvalue weighted by molar-refractivity contribution is 0.234. The van der Waals surface area contributed by atoms with Crippen molar-refractivity contribution in [3.05, 3.63) is 48.5 Å². The molecule has 6 nitrogen and oxygen atoms in total. The molecule has 6 heteroatoms. The third-order valence-corrected chi connectivity index (χ3v) is 3.36. The van der Waals surface area contributed by atoms with Crippen molar-refractivity contribution in [2.75, 3.05) is 6.61 Å². The zero-order valence-electron chi connectivity index (χ0n) is 12.7. The number of nitrogens with one attached hydrogen (secondary N) is 2. The zero-order valence-corrected chi connectivity index (χ0v) is 12.7. The molecule has 2 amide bonds. The van der Waals surface area contributed by atoms with Crippen molar-refractivity contribution in [1.82, 2.24) is 20.2 Å². The van der Waals surface area contributed by atoms with Crippen LogP contribution in [-0.2, 0) is 6.54 Å². The Morgan fingerprint density at radius 3 is 2.77 bits per heavy atom. The van der Waals surface area contributed by atoms with E-state index in [-0.39, 0.29) is 18.7 Å². The first-order valence-corrected chi connectivity index (χ1v) is 7.41. The number of urea groups is 1. The largest absolute Gasteiger partial charge is 0.396 e. The second kappa shape index (κ2) is 8.19. The van der Waals surface area contributed by atoms with Gasteiger partial charge >= 0.3 is 6.03 Å². The van der Waals surface area contributed by atoms with Crippen LogP contribution in [0.5, 0.6) is 0 Å². The quantitative estimate of drug-likeness (QED) is 0.730. The Labute approximate surface area is 130 Å². The molecule has 0 fully saturated rings. The average Bonchev–Trinajstić information content (AvgIpc) is 3.06. The highest BCUT2D eigenvalue weighted by Crippen LogP contribution is 2.09. The van der Waals surface area contributed by atoms with Gasteiger partial charge in [0.15, 0.2) is 0 Å². The maximum Gasteiger partial charge on any atom is 0.315 e. The molecule has 2 rings (SSSR count). The van der Waals surface area contributed by atoms with Crippen LogP contribution in [0.25, 0.3) is 5.69 Å². The van der Waals surface area contributed by atoms with Crippen LogP contribution in [0.4, 0.5) is 4.79 Å². The molecule has 22 heavy (non-hydrogen) atoms. The van der Waals surface area contributed by atoms with E-state index in [1.807, 2.05) is 42.0 Å². The maximum absolute atomic E-state index is 11.7. The molecule has 118 valence electrons. The average molecular weight is 302 g/mol. The van der Waals surface area contributed by atoms with Gasteiger partial charge in [-0.25, -0.2) is 9.78 Å². The molecule has 0 aliphatic heterocycles. The molecule has 0 saturated heterocycles. The molecule has 1 aromatic heterocycles. The van der Waals surface area contributed by atoms with Crippen LogP contribution in [0.1, 0.15) is 25.3 Å². The Hall–Kier alpha value is -2.34. The monoisotopic (exact) mass is 302 g/mol. The number of benzene rings is 1. The Morgan fingerprint density at radius 1 is 1.36 bits per heavy atom. The smallest absolute Gasteiger partial charge is 0.315 e. The third-order valence-electron chi connectivity index (χ3n) is 3.36. The maximum atomic E-state index is 11.7. The van der Waals surface area contributed by atoms with Gasteiger partial charge in [0.2, 0.25) is 0 Å². The lowest BCUT2D eigenvalue weighted by atomic mass is 10.2. The summed E-state index contributed by atoms with van der Waals surface area (Å²) in [5, 5.41) is 14.4. The topological polar surface area (TPSA) is 79.2 Å². The summed E-state index contributed by atoms with van der Waals surface area (Å²) in [4.78, 5) is 15.8. The van der Waals surface area contributed by atoms with Crippen molar-refractivity contribution in [3.8, 4) is 5.69 Å². The summed E-state index contributed by atoms with van der Waals surface area (Å²) >= 11 is 0. The van der Waals surface area contributed by atoms with E-state index in [0.29, 0.717) is 13.0 Å². The van der Waals surface area contributed by atoms with Crippen LogP contribution in [0.15, 0.2) is 43.0 Å². The summed E-state index contributed by atoms with van der Waals surface area (Å²) < 4.78 is 1.92. The molecule has 1 unspecified atom stereocenters. The molecule has 2 aromatic rings. The lowest BCUT2D eigenvalue weighted by Gasteiger charge is -2.14. The lowest BCUT2D eigenvalue weighted by Crippen LogP contribution is -2.40. The predicted molar refractivity (Wildman–Crippen MR) is 84.7 cm³/mol. The van der Waals surface area contributed by atoms with Gasteiger partial charge in [-0.3, -0.25) is 0 Å². The van der Waals surface area contributed by atoms with Gasteiger partial charge in [-0.2, -0.15) is 0 Å². The van der Waals surface area contributed by atoms with Gasteiger partial charge in [-0.1, -0.05) is 12.1 Å². The van der Waals surface area contributed by atoms with Crippen molar-refractivity contribution in [1.29, 1.82) is 0 Å².